The molecule has 19 heavy (non-hydrogen) atoms. The van der Waals surface area contributed by atoms with Gasteiger partial charge in [0.15, 0.2) is 0 Å². The van der Waals surface area contributed by atoms with Gasteiger partial charge in [0.05, 0.1) is 19.6 Å². The van der Waals surface area contributed by atoms with E-state index in [2.05, 4.69) is 5.32 Å². The lowest BCUT2D eigenvalue weighted by Gasteiger charge is -2.34. The van der Waals surface area contributed by atoms with Crippen LogP contribution in [0.2, 0.25) is 0 Å². The molecular weight excluding hydrogens is 246 g/mol. The smallest absolute Gasteiger partial charge is 0.325 e. The number of nitrogens with one attached hydrogen (secondary N) is 1. The van der Waals surface area contributed by atoms with Crippen LogP contribution >= 0.6 is 0 Å². The minimum atomic E-state index is -0.726. The largest absolute Gasteiger partial charge is 0.468 e. The van der Waals surface area contributed by atoms with Crippen molar-refractivity contribution < 1.29 is 19.1 Å². The lowest BCUT2D eigenvalue weighted by Crippen LogP contribution is -2.53. The van der Waals surface area contributed by atoms with Crippen molar-refractivity contribution in [2.45, 2.75) is 58.0 Å². The van der Waals surface area contributed by atoms with E-state index in [1.54, 1.807) is 13.8 Å². The highest BCUT2D eigenvalue weighted by molar-refractivity contribution is 5.79. The van der Waals surface area contributed by atoms with E-state index in [0.29, 0.717) is 6.61 Å². The lowest BCUT2D eigenvalue weighted by molar-refractivity contribution is -0.149. The first-order chi connectivity index (χ1) is 8.90. The molecule has 1 aliphatic carbocycles. The second-order valence-electron chi connectivity index (χ2n) is 5.57. The zero-order chi connectivity index (χ0) is 14.5. The van der Waals surface area contributed by atoms with Crippen molar-refractivity contribution >= 4 is 11.9 Å². The van der Waals surface area contributed by atoms with Crippen molar-refractivity contribution in [2.24, 2.45) is 5.92 Å². The van der Waals surface area contributed by atoms with Crippen molar-refractivity contribution in [3.8, 4) is 0 Å². The first kappa shape index (κ1) is 16.0. The van der Waals surface area contributed by atoms with E-state index in [1.807, 2.05) is 6.92 Å². The van der Waals surface area contributed by atoms with E-state index in [4.69, 9.17) is 9.47 Å². The number of carbonyl (C=O) groups is 2. The highest BCUT2D eigenvalue weighted by Gasteiger charge is 2.35. The molecule has 0 aromatic heterocycles. The van der Waals surface area contributed by atoms with Gasteiger partial charge in [-0.15, -0.1) is 0 Å². The molecule has 1 N–H and O–H groups in total. The Morgan fingerprint density at radius 1 is 1.32 bits per heavy atom. The highest BCUT2D eigenvalue weighted by atomic mass is 16.5. The number of hydrogen-bond acceptors (Lipinski definition) is 5. The Morgan fingerprint density at radius 2 is 2.00 bits per heavy atom. The predicted molar refractivity (Wildman–Crippen MR) is 71.6 cm³/mol. The Kier molecular flexibility index (Phi) is 5.79. The molecule has 5 heteroatoms. The van der Waals surface area contributed by atoms with Gasteiger partial charge in [-0.3, -0.25) is 14.9 Å². The second-order valence-corrected chi connectivity index (χ2v) is 5.57. The maximum Gasteiger partial charge on any atom is 0.325 e. The van der Waals surface area contributed by atoms with E-state index in [-0.39, 0.29) is 23.9 Å². The molecule has 5 nitrogen and oxygen atoms in total. The van der Waals surface area contributed by atoms with E-state index in [1.165, 1.54) is 7.11 Å². The molecule has 0 aliphatic heterocycles. The van der Waals surface area contributed by atoms with E-state index >= 15 is 0 Å². The zero-order valence-electron chi connectivity index (χ0n) is 12.3. The standard InChI is InChI=1S/C14H25NO4/c1-5-19-12(16)10-7-6-8-11(9-10)15-14(2,3)13(17)18-4/h10-11,15H,5-9H2,1-4H3. The number of ether oxygens (including phenoxy) is 2. The molecule has 0 amide bonds. The molecule has 0 radical (unpaired) electrons. The fraction of sp³-hybridized carbons (Fsp3) is 0.857. The lowest BCUT2D eigenvalue weighted by atomic mass is 9.84. The Morgan fingerprint density at radius 3 is 2.58 bits per heavy atom. The van der Waals surface area contributed by atoms with Gasteiger partial charge >= 0.3 is 11.9 Å². The third kappa shape index (κ3) is 4.49. The molecule has 0 bridgehead atoms. The number of hydrogen-bond donors (Lipinski definition) is 1. The molecule has 0 spiro atoms. The van der Waals surface area contributed by atoms with Gasteiger partial charge in [-0.1, -0.05) is 6.42 Å². The normalized spacial score (nSPS) is 23.8. The third-order valence-corrected chi connectivity index (χ3v) is 3.55. The van der Waals surface area contributed by atoms with Crippen molar-refractivity contribution in [1.82, 2.24) is 5.32 Å². The quantitative estimate of drug-likeness (QED) is 0.770. The van der Waals surface area contributed by atoms with Crippen LogP contribution in [0.3, 0.4) is 0 Å². The second kappa shape index (κ2) is 6.89. The monoisotopic (exact) mass is 271 g/mol. The van der Waals surface area contributed by atoms with Crippen LogP contribution in [0.25, 0.3) is 0 Å². The predicted octanol–water partition coefficient (Wildman–Crippen LogP) is 1.65. The van der Waals surface area contributed by atoms with Crippen molar-refractivity contribution in [2.75, 3.05) is 13.7 Å². The van der Waals surface area contributed by atoms with Crippen LogP contribution in [0.15, 0.2) is 0 Å². The van der Waals surface area contributed by atoms with Gasteiger partial charge in [-0.25, -0.2) is 0 Å². The molecule has 0 aromatic carbocycles. The summed E-state index contributed by atoms with van der Waals surface area (Å²) >= 11 is 0. The van der Waals surface area contributed by atoms with Gasteiger partial charge in [-0.05, 0) is 40.0 Å². The summed E-state index contributed by atoms with van der Waals surface area (Å²) in [6.45, 7) is 5.83. The van der Waals surface area contributed by atoms with Crippen LogP contribution in [0.5, 0.6) is 0 Å². The van der Waals surface area contributed by atoms with Gasteiger partial charge in [-0.2, -0.15) is 0 Å². The third-order valence-electron chi connectivity index (χ3n) is 3.55. The molecule has 1 rings (SSSR count). The minimum Gasteiger partial charge on any atom is -0.468 e. The summed E-state index contributed by atoms with van der Waals surface area (Å²) in [5.41, 5.74) is -0.726. The Bertz CT molecular complexity index is 327. The molecule has 0 saturated heterocycles. The van der Waals surface area contributed by atoms with E-state index < -0.39 is 5.54 Å². The number of esters is 2. The maximum absolute atomic E-state index is 11.8. The fourth-order valence-corrected chi connectivity index (χ4v) is 2.62. The summed E-state index contributed by atoms with van der Waals surface area (Å²) in [7, 11) is 1.38. The Labute approximate surface area is 115 Å². The molecule has 2 unspecified atom stereocenters. The van der Waals surface area contributed by atoms with Gasteiger partial charge in [0.1, 0.15) is 5.54 Å². The first-order valence-corrected chi connectivity index (χ1v) is 6.93. The van der Waals surface area contributed by atoms with Crippen LogP contribution in [-0.2, 0) is 19.1 Å². The van der Waals surface area contributed by atoms with Gasteiger partial charge in [0.25, 0.3) is 0 Å². The van der Waals surface area contributed by atoms with Gasteiger partial charge in [0.2, 0.25) is 0 Å². The molecule has 0 aromatic rings. The number of carbonyl (C=O) groups excluding carboxylic acids is 2. The molecule has 0 heterocycles. The Balaban J connectivity index is 2.55. The summed E-state index contributed by atoms with van der Waals surface area (Å²) in [6, 6.07) is 0.150. The fourth-order valence-electron chi connectivity index (χ4n) is 2.62. The number of rotatable bonds is 5. The average molecular weight is 271 g/mol. The molecular formula is C14H25NO4. The Hall–Kier alpha value is -1.10. The first-order valence-electron chi connectivity index (χ1n) is 6.93. The highest BCUT2D eigenvalue weighted by Crippen LogP contribution is 2.27. The topological polar surface area (TPSA) is 64.6 Å². The maximum atomic E-state index is 11.8. The van der Waals surface area contributed by atoms with E-state index in [9.17, 15) is 9.59 Å². The molecule has 1 fully saturated rings. The molecule has 2 atom stereocenters. The van der Waals surface area contributed by atoms with E-state index in [0.717, 1.165) is 25.7 Å². The zero-order valence-corrected chi connectivity index (χ0v) is 12.3. The average Bonchev–Trinajstić information content (AvgIpc) is 2.37. The SMILES string of the molecule is CCOC(=O)C1CCCC(NC(C)(C)C(=O)OC)C1. The molecule has 1 aliphatic rings. The molecule has 1 saturated carbocycles. The van der Waals surface area contributed by atoms with Crippen LogP contribution in [-0.4, -0.2) is 37.2 Å². The van der Waals surface area contributed by atoms with Crippen LogP contribution in [0, 0.1) is 5.92 Å². The van der Waals surface area contributed by atoms with Gasteiger partial charge < -0.3 is 9.47 Å². The summed E-state index contributed by atoms with van der Waals surface area (Å²) < 4.78 is 9.85. The van der Waals surface area contributed by atoms with Crippen LogP contribution in [0.4, 0.5) is 0 Å². The summed E-state index contributed by atoms with van der Waals surface area (Å²) in [5.74, 6) is -0.463. The summed E-state index contributed by atoms with van der Waals surface area (Å²) in [5, 5.41) is 3.29. The van der Waals surface area contributed by atoms with Gasteiger partial charge in [0, 0.05) is 6.04 Å². The minimum absolute atomic E-state index is 0.0559. The van der Waals surface area contributed by atoms with Crippen LogP contribution in [0.1, 0.15) is 46.5 Å². The summed E-state index contributed by atoms with van der Waals surface area (Å²) in [4.78, 5) is 23.4. The van der Waals surface area contributed by atoms with Crippen molar-refractivity contribution in [3.05, 3.63) is 0 Å². The van der Waals surface area contributed by atoms with Crippen LogP contribution < -0.4 is 5.32 Å². The molecule has 110 valence electrons. The van der Waals surface area contributed by atoms with Crippen molar-refractivity contribution in [1.29, 1.82) is 0 Å². The number of methoxy groups -OCH3 is 1. The van der Waals surface area contributed by atoms with Crippen molar-refractivity contribution in [3.63, 3.8) is 0 Å². The summed E-state index contributed by atoms with van der Waals surface area (Å²) in [6.07, 6.45) is 3.53.